The van der Waals surface area contributed by atoms with Crippen LogP contribution < -0.4 is 5.73 Å². The van der Waals surface area contributed by atoms with Crippen LogP contribution in [0.15, 0.2) is 34.9 Å². The molecule has 0 aliphatic heterocycles. The van der Waals surface area contributed by atoms with Gasteiger partial charge in [-0.3, -0.25) is 15.1 Å². The van der Waals surface area contributed by atoms with E-state index >= 15 is 0 Å². The number of benzene rings is 1. The average molecular weight is 283 g/mol. The zero-order chi connectivity index (χ0) is 15.1. The minimum Gasteiger partial charge on any atom is -0.457 e. The van der Waals surface area contributed by atoms with E-state index in [1.54, 1.807) is 12.1 Å². The van der Waals surface area contributed by atoms with Gasteiger partial charge in [0.2, 0.25) is 5.76 Å². The van der Waals surface area contributed by atoms with Crippen molar-refractivity contribution in [3.63, 3.8) is 0 Å². The summed E-state index contributed by atoms with van der Waals surface area (Å²) in [5.41, 5.74) is 9.47. The van der Waals surface area contributed by atoms with Crippen LogP contribution in [0.25, 0.3) is 22.2 Å². The van der Waals surface area contributed by atoms with Crippen LogP contribution >= 0.6 is 0 Å². The number of anilines is 1. The first kappa shape index (κ1) is 13.1. The second-order valence-corrected chi connectivity index (χ2v) is 4.93. The fourth-order valence-corrected chi connectivity index (χ4v) is 2.37. The van der Waals surface area contributed by atoms with Gasteiger partial charge in [0.1, 0.15) is 0 Å². The van der Waals surface area contributed by atoms with E-state index in [0.717, 1.165) is 16.6 Å². The smallest absolute Gasteiger partial charge is 0.315 e. The molecule has 0 unspecified atom stereocenters. The van der Waals surface area contributed by atoms with Crippen LogP contribution in [-0.2, 0) is 0 Å². The van der Waals surface area contributed by atoms with E-state index in [-0.39, 0.29) is 11.4 Å². The predicted molar refractivity (Wildman–Crippen MR) is 80.0 cm³/mol. The number of nitrogens with two attached hydrogens (primary N) is 1. The summed E-state index contributed by atoms with van der Waals surface area (Å²) >= 11 is 0. The first-order valence-electron chi connectivity index (χ1n) is 6.37. The minimum absolute atomic E-state index is 0.0589. The molecule has 0 spiro atoms. The normalized spacial score (nSPS) is 11.0. The van der Waals surface area contributed by atoms with Gasteiger partial charge in [0.05, 0.1) is 22.8 Å². The standard InChI is InChI=1S/C15H13N3O3/c1-8-5-10-11(15-14(18(19)20)3-4-21-15)6-9(2)17-13(10)7-12(8)16/h3-7H,16H2,1-2H3. The number of hydrogen-bond donors (Lipinski definition) is 1. The van der Waals surface area contributed by atoms with Crippen LogP contribution in [0, 0.1) is 24.0 Å². The van der Waals surface area contributed by atoms with Crippen LogP contribution in [0.3, 0.4) is 0 Å². The molecule has 3 aromatic rings. The van der Waals surface area contributed by atoms with Crippen LogP contribution in [0.5, 0.6) is 0 Å². The van der Waals surface area contributed by atoms with Gasteiger partial charge in [-0.15, -0.1) is 0 Å². The van der Waals surface area contributed by atoms with E-state index < -0.39 is 4.92 Å². The Morgan fingerprint density at radius 3 is 2.76 bits per heavy atom. The molecule has 0 aliphatic carbocycles. The van der Waals surface area contributed by atoms with Crippen LogP contribution in [0.1, 0.15) is 11.3 Å². The molecule has 0 aliphatic rings. The number of aryl methyl sites for hydroxylation is 2. The molecule has 3 rings (SSSR count). The van der Waals surface area contributed by atoms with Crippen molar-refractivity contribution < 1.29 is 9.34 Å². The van der Waals surface area contributed by atoms with Gasteiger partial charge < -0.3 is 10.2 Å². The lowest BCUT2D eigenvalue weighted by Gasteiger charge is -2.08. The third kappa shape index (κ3) is 2.10. The summed E-state index contributed by atoms with van der Waals surface area (Å²) in [6, 6.07) is 6.78. The quantitative estimate of drug-likeness (QED) is 0.440. The summed E-state index contributed by atoms with van der Waals surface area (Å²) < 4.78 is 5.34. The van der Waals surface area contributed by atoms with Crippen LogP contribution in [0.4, 0.5) is 11.4 Å². The average Bonchev–Trinajstić information content (AvgIpc) is 2.89. The van der Waals surface area contributed by atoms with Gasteiger partial charge >= 0.3 is 5.69 Å². The summed E-state index contributed by atoms with van der Waals surface area (Å²) in [5, 5.41) is 11.9. The second-order valence-electron chi connectivity index (χ2n) is 4.93. The Morgan fingerprint density at radius 2 is 2.05 bits per heavy atom. The highest BCUT2D eigenvalue weighted by Gasteiger charge is 2.21. The molecule has 0 amide bonds. The fourth-order valence-electron chi connectivity index (χ4n) is 2.37. The van der Waals surface area contributed by atoms with E-state index in [4.69, 9.17) is 10.2 Å². The van der Waals surface area contributed by atoms with Gasteiger partial charge in [-0.1, -0.05) is 0 Å². The minimum atomic E-state index is -0.454. The molecule has 0 bridgehead atoms. The fraction of sp³-hybridized carbons (Fsp3) is 0.133. The Bertz CT molecular complexity index is 868. The molecule has 0 saturated heterocycles. The zero-order valence-corrected chi connectivity index (χ0v) is 11.6. The van der Waals surface area contributed by atoms with Crippen LogP contribution in [0.2, 0.25) is 0 Å². The van der Waals surface area contributed by atoms with Crippen molar-refractivity contribution >= 4 is 22.3 Å². The van der Waals surface area contributed by atoms with Gasteiger partial charge in [-0.25, -0.2) is 0 Å². The van der Waals surface area contributed by atoms with Crippen molar-refractivity contribution in [1.82, 2.24) is 4.98 Å². The first-order valence-corrected chi connectivity index (χ1v) is 6.37. The Balaban J connectivity index is 2.39. The predicted octanol–water partition coefficient (Wildman–Crippen LogP) is 3.60. The number of nitrogen functional groups attached to an aromatic ring is 1. The number of aromatic nitrogens is 1. The van der Waals surface area contributed by atoms with Crippen LogP contribution in [-0.4, -0.2) is 9.91 Å². The molecule has 0 radical (unpaired) electrons. The molecule has 0 fully saturated rings. The summed E-state index contributed by atoms with van der Waals surface area (Å²) in [4.78, 5) is 15.1. The van der Waals surface area contributed by atoms with E-state index in [9.17, 15) is 10.1 Å². The SMILES string of the molecule is Cc1cc(-c2occc2[N+](=O)[O-])c2cc(C)c(N)cc2n1. The maximum atomic E-state index is 11.1. The van der Waals surface area contributed by atoms with Gasteiger partial charge in [-0.05, 0) is 37.6 Å². The van der Waals surface area contributed by atoms with Gasteiger partial charge in [0.15, 0.2) is 0 Å². The molecule has 21 heavy (non-hydrogen) atoms. The lowest BCUT2D eigenvalue weighted by atomic mass is 10.0. The Kier molecular flexibility index (Phi) is 2.86. The molecule has 106 valence electrons. The monoisotopic (exact) mass is 283 g/mol. The van der Waals surface area contributed by atoms with E-state index in [1.165, 1.54) is 12.3 Å². The Morgan fingerprint density at radius 1 is 1.29 bits per heavy atom. The maximum Gasteiger partial charge on any atom is 0.315 e. The van der Waals surface area contributed by atoms with E-state index in [0.29, 0.717) is 16.8 Å². The maximum absolute atomic E-state index is 11.1. The highest BCUT2D eigenvalue weighted by atomic mass is 16.6. The van der Waals surface area contributed by atoms with E-state index in [2.05, 4.69) is 4.98 Å². The summed E-state index contributed by atoms with van der Waals surface area (Å²) in [7, 11) is 0. The molecule has 6 nitrogen and oxygen atoms in total. The molecule has 0 atom stereocenters. The number of nitro groups is 1. The van der Waals surface area contributed by atoms with Gasteiger partial charge in [0.25, 0.3) is 0 Å². The second kappa shape index (κ2) is 4.59. The molecular formula is C15H13N3O3. The van der Waals surface area contributed by atoms with Gasteiger partial charge in [0, 0.05) is 22.3 Å². The number of nitrogens with zero attached hydrogens (tertiary/aromatic N) is 2. The molecule has 2 N–H and O–H groups in total. The molecule has 1 aromatic carbocycles. The molecule has 2 heterocycles. The number of furan rings is 1. The Hall–Kier alpha value is -2.89. The third-order valence-corrected chi connectivity index (χ3v) is 3.41. The number of rotatable bonds is 2. The summed E-state index contributed by atoms with van der Waals surface area (Å²) in [6.07, 6.45) is 1.32. The molecule has 2 aromatic heterocycles. The third-order valence-electron chi connectivity index (χ3n) is 3.41. The molecule has 6 heteroatoms. The number of fused-ring (bicyclic) bond motifs is 1. The topological polar surface area (TPSA) is 95.2 Å². The summed E-state index contributed by atoms with van der Waals surface area (Å²) in [5.74, 6) is 0.236. The van der Waals surface area contributed by atoms with Gasteiger partial charge in [-0.2, -0.15) is 0 Å². The van der Waals surface area contributed by atoms with Crippen molar-refractivity contribution in [2.75, 3.05) is 5.73 Å². The lowest BCUT2D eigenvalue weighted by molar-refractivity contribution is -0.384. The van der Waals surface area contributed by atoms with Crippen molar-refractivity contribution in [3.8, 4) is 11.3 Å². The molecular weight excluding hydrogens is 270 g/mol. The van der Waals surface area contributed by atoms with Crippen molar-refractivity contribution in [1.29, 1.82) is 0 Å². The number of hydrogen-bond acceptors (Lipinski definition) is 5. The van der Waals surface area contributed by atoms with Crippen molar-refractivity contribution in [2.24, 2.45) is 0 Å². The number of pyridine rings is 1. The van der Waals surface area contributed by atoms with Crippen molar-refractivity contribution in [3.05, 3.63) is 51.9 Å². The van der Waals surface area contributed by atoms with E-state index in [1.807, 2.05) is 19.9 Å². The Labute approximate surface area is 120 Å². The highest BCUT2D eigenvalue weighted by molar-refractivity contribution is 5.97. The zero-order valence-electron chi connectivity index (χ0n) is 11.6. The highest BCUT2D eigenvalue weighted by Crippen LogP contribution is 2.36. The van der Waals surface area contributed by atoms with Crippen molar-refractivity contribution in [2.45, 2.75) is 13.8 Å². The largest absolute Gasteiger partial charge is 0.457 e. The lowest BCUT2D eigenvalue weighted by Crippen LogP contribution is -1.95. The summed E-state index contributed by atoms with van der Waals surface area (Å²) in [6.45, 7) is 3.71. The molecule has 0 saturated carbocycles. The first-order chi connectivity index (χ1) is 9.97.